The Morgan fingerprint density at radius 2 is 2.14 bits per heavy atom. The number of aromatic nitrogens is 3. The molecule has 0 radical (unpaired) electrons. The maximum Gasteiger partial charge on any atom is 0.245 e. The van der Waals surface area contributed by atoms with Crippen molar-refractivity contribution in [3.05, 3.63) is 70.9 Å². The quantitative estimate of drug-likeness (QED) is 0.659. The first kappa shape index (κ1) is 19.4. The van der Waals surface area contributed by atoms with Crippen LogP contribution < -0.4 is 0 Å². The van der Waals surface area contributed by atoms with Gasteiger partial charge in [-0.3, -0.25) is 9.48 Å². The molecule has 0 spiro atoms. The molecule has 1 amide bonds. The Morgan fingerprint density at radius 3 is 2.86 bits per heavy atom. The molecule has 1 saturated heterocycles. The maximum absolute atomic E-state index is 13.4. The third-order valence-electron chi connectivity index (χ3n) is 5.61. The Hall–Kier alpha value is -2.96. The van der Waals surface area contributed by atoms with Gasteiger partial charge in [0.15, 0.2) is 0 Å². The lowest BCUT2D eigenvalue weighted by molar-refractivity contribution is -0.136. The van der Waals surface area contributed by atoms with Crippen LogP contribution in [0, 0.1) is 19.7 Å². The SMILES string of the molecule is Cc1cc(C)n(CC(=O)N2CCCC2(C)c2ncc(Cc3cccc(F)c3)o2)n1. The van der Waals surface area contributed by atoms with Crippen molar-refractivity contribution >= 4 is 5.91 Å². The van der Waals surface area contributed by atoms with E-state index in [9.17, 15) is 9.18 Å². The summed E-state index contributed by atoms with van der Waals surface area (Å²) in [7, 11) is 0. The zero-order valence-electron chi connectivity index (χ0n) is 17.0. The third kappa shape index (κ3) is 3.81. The zero-order valence-corrected chi connectivity index (χ0v) is 17.0. The topological polar surface area (TPSA) is 64.2 Å². The number of rotatable bonds is 5. The summed E-state index contributed by atoms with van der Waals surface area (Å²) in [4.78, 5) is 19.4. The Bertz CT molecular complexity index is 1040. The number of carbonyl (C=O) groups is 1. The van der Waals surface area contributed by atoms with Crippen molar-refractivity contribution in [1.29, 1.82) is 0 Å². The van der Waals surface area contributed by atoms with Crippen molar-refractivity contribution < 1.29 is 13.6 Å². The highest BCUT2D eigenvalue weighted by atomic mass is 19.1. The highest BCUT2D eigenvalue weighted by molar-refractivity contribution is 5.77. The van der Waals surface area contributed by atoms with Gasteiger partial charge in [0.25, 0.3) is 0 Å². The van der Waals surface area contributed by atoms with E-state index in [0.717, 1.165) is 29.8 Å². The lowest BCUT2D eigenvalue weighted by Crippen LogP contribution is -2.44. The van der Waals surface area contributed by atoms with Gasteiger partial charge in [-0.25, -0.2) is 9.37 Å². The monoisotopic (exact) mass is 396 g/mol. The van der Waals surface area contributed by atoms with Crippen molar-refractivity contribution in [3.63, 3.8) is 0 Å². The highest BCUT2D eigenvalue weighted by Crippen LogP contribution is 2.38. The van der Waals surface area contributed by atoms with E-state index in [0.29, 0.717) is 24.6 Å². The fraction of sp³-hybridized carbons (Fsp3) is 0.409. The number of nitrogens with zero attached hydrogens (tertiary/aromatic N) is 4. The first-order valence-electron chi connectivity index (χ1n) is 9.86. The molecular formula is C22H25FN4O2. The number of hydrogen-bond acceptors (Lipinski definition) is 4. The molecule has 0 N–H and O–H groups in total. The van der Waals surface area contributed by atoms with Gasteiger partial charge < -0.3 is 9.32 Å². The summed E-state index contributed by atoms with van der Waals surface area (Å²) >= 11 is 0. The molecule has 1 aromatic carbocycles. The highest BCUT2D eigenvalue weighted by Gasteiger charge is 2.44. The van der Waals surface area contributed by atoms with E-state index in [2.05, 4.69) is 10.1 Å². The molecular weight excluding hydrogens is 371 g/mol. The number of hydrogen-bond donors (Lipinski definition) is 0. The number of likely N-dealkylation sites (tertiary alicyclic amines) is 1. The Kier molecular flexibility index (Phi) is 4.98. The Labute approximate surface area is 169 Å². The lowest BCUT2D eigenvalue weighted by atomic mass is 9.99. The average Bonchev–Trinajstić information content (AvgIpc) is 3.35. The number of carbonyl (C=O) groups excluding carboxylic acids is 1. The minimum atomic E-state index is -0.590. The van der Waals surface area contributed by atoms with Gasteiger partial charge in [-0.15, -0.1) is 0 Å². The molecule has 3 heterocycles. The molecule has 4 rings (SSSR count). The smallest absolute Gasteiger partial charge is 0.245 e. The van der Waals surface area contributed by atoms with Crippen LogP contribution in [-0.2, 0) is 23.3 Å². The van der Waals surface area contributed by atoms with Crippen LogP contribution in [0.4, 0.5) is 4.39 Å². The number of benzene rings is 1. The minimum Gasteiger partial charge on any atom is -0.443 e. The van der Waals surface area contributed by atoms with E-state index in [1.807, 2.05) is 37.8 Å². The number of oxazole rings is 1. The molecule has 1 aliphatic rings. The van der Waals surface area contributed by atoms with Crippen LogP contribution >= 0.6 is 0 Å². The van der Waals surface area contributed by atoms with Gasteiger partial charge in [-0.05, 0) is 57.4 Å². The first-order chi connectivity index (χ1) is 13.8. The molecule has 1 fully saturated rings. The van der Waals surface area contributed by atoms with E-state index >= 15 is 0 Å². The molecule has 2 aromatic heterocycles. The largest absolute Gasteiger partial charge is 0.443 e. The second kappa shape index (κ2) is 7.46. The molecule has 0 bridgehead atoms. The van der Waals surface area contributed by atoms with Gasteiger partial charge in [0.05, 0.1) is 11.9 Å². The van der Waals surface area contributed by atoms with Crippen LogP contribution in [0.25, 0.3) is 0 Å². The van der Waals surface area contributed by atoms with Crippen molar-refractivity contribution in [2.45, 2.75) is 52.1 Å². The van der Waals surface area contributed by atoms with E-state index in [1.165, 1.54) is 12.1 Å². The van der Waals surface area contributed by atoms with E-state index in [4.69, 9.17) is 4.42 Å². The van der Waals surface area contributed by atoms with E-state index in [-0.39, 0.29) is 18.3 Å². The van der Waals surface area contributed by atoms with Crippen LogP contribution in [0.3, 0.4) is 0 Å². The summed E-state index contributed by atoms with van der Waals surface area (Å²) in [5.41, 5.74) is 2.09. The van der Waals surface area contributed by atoms with Crippen LogP contribution in [0.5, 0.6) is 0 Å². The normalized spacial score (nSPS) is 19.1. The fourth-order valence-corrected chi connectivity index (χ4v) is 4.12. The Morgan fingerprint density at radius 1 is 1.31 bits per heavy atom. The second-order valence-electron chi connectivity index (χ2n) is 7.95. The molecule has 1 aliphatic heterocycles. The first-order valence-corrected chi connectivity index (χ1v) is 9.86. The molecule has 29 heavy (non-hydrogen) atoms. The van der Waals surface area contributed by atoms with E-state index < -0.39 is 5.54 Å². The summed E-state index contributed by atoms with van der Waals surface area (Å²) in [5, 5.41) is 4.40. The molecule has 1 atom stereocenters. The molecule has 6 nitrogen and oxygen atoms in total. The number of amides is 1. The average molecular weight is 396 g/mol. The number of halogens is 1. The van der Waals surface area contributed by atoms with Crippen LogP contribution in [0.1, 0.15) is 48.4 Å². The van der Waals surface area contributed by atoms with Crippen molar-refractivity contribution in [1.82, 2.24) is 19.7 Å². The fourth-order valence-electron chi connectivity index (χ4n) is 4.12. The zero-order chi connectivity index (χ0) is 20.6. The number of aryl methyl sites for hydroxylation is 2. The van der Waals surface area contributed by atoms with Crippen molar-refractivity contribution in [2.75, 3.05) is 6.54 Å². The standard InChI is InChI=1S/C22H25FN4O2/c1-15-10-16(2)27(25-15)14-20(28)26-9-5-8-22(26,3)21-24-13-19(29-21)12-17-6-4-7-18(23)11-17/h4,6-7,10-11,13H,5,8-9,12,14H2,1-3H3. The summed E-state index contributed by atoms with van der Waals surface area (Å²) < 4.78 is 21.2. The molecule has 0 aliphatic carbocycles. The molecule has 1 unspecified atom stereocenters. The van der Waals surface area contributed by atoms with Crippen LogP contribution in [0.2, 0.25) is 0 Å². The molecule has 7 heteroatoms. The lowest BCUT2D eigenvalue weighted by Gasteiger charge is -2.32. The van der Waals surface area contributed by atoms with Crippen LogP contribution in [0.15, 0.2) is 40.9 Å². The van der Waals surface area contributed by atoms with Gasteiger partial charge in [0, 0.05) is 18.7 Å². The molecule has 3 aromatic rings. The van der Waals surface area contributed by atoms with Crippen molar-refractivity contribution in [2.24, 2.45) is 0 Å². The summed E-state index contributed by atoms with van der Waals surface area (Å²) in [5.74, 6) is 0.916. The Balaban J connectivity index is 1.53. The van der Waals surface area contributed by atoms with Crippen molar-refractivity contribution in [3.8, 4) is 0 Å². The summed E-state index contributed by atoms with van der Waals surface area (Å²) in [6.07, 6.45) is 3.81. The van der Waals surface area contributed by atoms with Gasteiger partial charge in [0.1, 0.15) is 23.7 Å². The van der Waals surface area contributed by atoms with Crippen LogP contribution in [-0.4, -0.2) is 32.1 Å². The van der Waals surface area contributed by atoms with Gasteiger partial charge in [-0.1, -0.05) is 12.1 Å². The predicted molar refractivity (Wildman–Crippen MR) is 106 cm³/mol. The molecule has 152 valence electrons. The summed E-state index contributed by atoms with van der Waals surface area (Å²) in [6.45, 7) is 6.73. The predicted octanol–water partition coefficient (Wildman–Crippen LogP) is 3.76. The van der Waals surface area contributed by atoms with Gasteiger partial charge in [0.2, 0.25) is 11.8 Å². The van der Waals surface area contributed by atoms with Gasteiger partial charge >= 0.3 is 0 Å². The second-order valence-corrected chi connectivity index (χ2v) is 7.95. The summed E-state index contributed by atoms with van der Waals surface area (Å²) in [6, 6.07) is 8.40. The van der Waals surface area contributed by atoms with Gasteiger partial charge in [-0.2, -0.15) is 5.10 Å². The maximum atomic E-state index is 13.4. The molecule has 0 saturated carbocycles. The minimum absolute atomic E-state index is 0.00100. The van der Waals surface area contributed by atoms with E-state index in [1.54, 1.807) is 16.9 Å². The third-order valence-corrected chi connectivity index (χ3v) is 5.61.